The van der Waals surface area contributed by atoms with Crippen LogP contribution in [0, 0.1) is 23.2 Å². The van der Waals surface area contributed by atoms with Crippen LogP contribution in [-0.2, 0) is 14.4 Å². The van der Waals surface area contributed by atoms with Crippen molar-refractivity contribution in [2.45, 2.75) is 71.1 Å². The number of hydrogen-bond acceptors (Lipinski definition) is 6. The molecule has 0 saturated heterocycles. The number of aliphatic carboxylic acids is 1. The van der Waals surface area contributed by atoms with Crippen LogP contribution < -0.4 is 20.2 Å². The number of carbonyl (C=O) groups excluding carboxylic acids is 2. The van der Waals surface area contributed by atoms with E-state index in [9.17, 15) is 14.4 Å². The van der Waals surface area contributed by atoms with Crippen LogP contribution in [-0.4, -0.2) is 35.4 Å². The molecule has 1 aromatic carbocycles. The molecule has 4 bridgehead atoms. The van der Waals surface area contributed by atoms with Crippen molar-refractivity contribution in [1.29, 1.82) is 0 Å². The predicted octanol–water partition coefficient (Wildman–Crippen LogP) is 4.06. The molecule has 5 aliphatic rings. The van der Waals surface area contributed by atoms with Crippen molar-refractivity contribution in [2.24, 2.45) is 28.3 Å². The molecule has 2 amide bonds. The summed E-state index contributed by atoms with van der Waals surface area (Å²) in [7, 11) is 0. The average Bonchev–Trinajstić information content (AvgIpc) is 3.23. The molecule has 6 rings (SSSR count). The van der Waals surface area contributed by atoms with Gasteiger partial charge in [0.15, 0.2) is 11.5 Å². The minimum atomic E-state index is -0.936. The predicted molar refractivity (Wildman–Crippen MR) is 128 cm³/mol. The van der Waals surface area contributed by atoms with Crippen LogP contribution in [0.2, 0.25) is 0 Å². The first-order valence-electron chi connectivity index (χ1n) is 12.6. The third-order valence-corrected chi connectivity index (χ3v) is 8.02. The van der Waals surface area contributed by atoms with Gasteiger partial charge in [0, 0.05) is 30.9 Å². The summed E-state index contributed by atoms with van der Waals surface area (Å²) in [5.41, 5.74) is 4.50. The largest absolute Gasteiger partial charge is 0.481 e. The van der Waals surface area contributed by atoms with E-state index in [1.807, 2.05) is 0 Å². The number of fused-ring (bicyclic) bond motifs is 1. The summed E-state index contributed by atoms with van der Waals surface area (Å²) in [5.74, 6) is 2.11. The van der Waals surface area contributed by atoms with E-state index in [4.69, 9.17) is 14.6 Å². The molecule has 9 heteroatoms. The minimum absolute atomic E-state index is 0.0636. The number of hydrogen-bond donors (Lipinski definition) is 3. The Labute approximate surface area is 204 Å². The van der Waals surface area contributed by atoms with Crippen LogP contribution in [0.15, 0.2) is 17.2 Å². The first-order chi connectivity index (χ1) is 16.8. The second-order valence-corrected chi connectivity index (χ2v) is 10.9. The molecule has 188 valence electrons. The van der Waals surface area contributed by atoms with Gasteiger partial charge in [0.1, 0.15) is 0 Å². The zero-order valence-electron chi connectivity index (χ0n) is 20.1. The van der Waals surface area contributed by atoms with Crippen molar-refractivity contribution in [3.8, 4) is 11.5 Å². The highest BCUT2D eigenvalue weighted by molar-refractivity contribution is 6.07. The Hall–Kier alpha value is -3.10. The Bertz CT molecular complexity index is 1030. The molecule has 0 radical (unpaired) electrons. The summed E-state index contributed by atoms with van der Waals surface area (Å²) in [6, 6.07) is 3.41. The van der Waals surface area contributed by atoms with E-state index in [1.165, 1.54) is 19.3 Å². The van der Waals surface area contributed by atoms with E-state index in [0.29, 0.717) is 34.9 Å². The molecule has 4 fully saturated rings. The van der Waals surface area contributed by atoms with Gasteiger partial charge in [-0.15, -0.1) is 0 Å². The molecule has 4 aliphatic carbocycles. The van der Waals surface area contributed by atoms with Gasteiger partial charge < -0.3 is 19.9 Å². The number of anilines is 1. The smallest absolute Gasteiger partial charge is 0.303 e. The van der Waals surface area contributed by atoms with Crippen molar-refractivity contribution < 1.29 is 29.0 Å². The number of nitrogens with one attached hydrogen (secondary N) is 2. The fourth-order valence-electron chi connectivity index (χ4n) is 7.05. The monoisotopic (exact) mass is 483 g/mol. The lowest BCUT2D eigenvalue weighted by atomic mass is 9.49. The van der Waals surface area contributed by atoms with E-state index < -0.39 is 5.97 Å². The van der Waals surface area contributed by atoms with Gasteiger partial charge in [-0.1, -0.05) is 0 Å². The van der Waals surface area contributed by atoms with Crippen molar-refractivity contribution in [1.82, 2.24) is 5.43 Å². The maximum atomic E-state index is 12.9. The number of carbonyl (C=O) groups is 3. The number of carboxylic acids is 1. The van der Waals surface area contributed by atoms with Gasteiger partial charge >= 0.3 is 5.97 Å². The number of rotatable bonds is 9. The molecule has 0 aromatic heterocycles. The Balaban J connectivity index is 1.26. The Morgan fingerprint density at radius 1 is 1.00 bits per heavy atom. The minimum Gasteiger partial charge on any atom is -0.481 e. The summed E-state index contributed by atoms with van der Waals surface area (Å²) < 4.78 is 10.9. The summed E-state index contributed by atoms with van der Waals surface area (Å²) >= 11 is 0. The quantitative estimate of drug-likeness (QED) is 0.359. The summed E-state index contributed by atoms with van der Waals surface area (Å²) in [6.45, 7) is 1.85. The van der Waals surface area contributed by atoms with Crippen LogP contribution in [0.1, 0.15) is 76.7 Å². The number of amides is 2. The van der Waals surface area contributed by atoms with E-state index in [-0.39, 0.29) is 43.3 Å². The number of nitrogens with zero attached hydrogens (tertiary/aromatic N) is 1. The van der Waals surface area contributed by atoms with E-state index >= 15 is 0 Å². The molecule has 0 unspecified atom stereocenters. The maximum absolute atomic E-state index is 12.9. The normalized spacial score (nSPS) is 28.1. The highest BCUT2D eigenvalue weighted by Gasteiger charge is 2.51. The van der Waals surface area contributed by atoms with Crippen LogP contribution in [0.25, 0.3) is 0 Å². The van der Waals surface area contributed by atoms with E-state index in [0.717, 1.165) is 37.0 Å². The number of carboxylic acid groups (broad SMARTS) is 1. The Morgan fingerprint density at radius 2 is 1.63 bits per heavy atom. The molecule has 35 heavy (non-hydrogen) atoms. The standard InChI is InChI=1S/C26H33N3O6/c1-15(28-29-24(31)13-26-10-16-5-17(11-26)7-18(6-16)12-26)19-8-21-22(35-14-34-21)9-20(19)27-23(30)3-2-4-25(32)33/h8-9,16-18H,2-7,10-14H2,1H3,(H,27,30)(H,29,31)(H,32,33). The van der Waals surface area contributed by atoms with Gasteiger partial charge in [0.2, 0.25) is 18.6 Å². The van der Waals surface area contributed by atoms with Gasteiger partial charge in [0.05, 0.1) is 11.4 Å². The zero-order valence-corrected chi connectivity index (χ0v) is 20.1. The maximum Gasteiger partial charge on any atom is 0.303 e. The van der Waals surface area contributed by atoms with Crippen molar-refractivity contribution in [2.75, 3.05) is 12.1 Å². The lowest BCUT2D eigenvalue weighted by Crippen LogP contribution is -2.47. The zero-order chi connectivity index (χ0) is 24.6. The molecule has 0 atom stereocenters. The Kier molecular flexibility index (Phi) is 6.42. The SMILES string of the molecule is CC(=NNC(=O)CC12CC3CC(CC(C3)C1)C2)c1cc2c(cc1NC(=O)CCCC(=O)O)OCO2. The average molecular weight is 484 g/mol. The fourth-order valence-corrected chi connectivity index (χ4v) is 7.05. The molecular weight excluding hydrogens is 450 g/mol. The van der Waals surface area contributed by atoms with Crippen LogP contribution in [0.3, 0.4) is 0 Å². The van der Waals surface area contributed by atoms with Crippen LogP contribution in [0.5, 0.6) is 11.5 Å². The third kappa shape index (κ3) is 5.28. The van der Waals surface area contributed by atoms with Gasteiger partial charge in [-0.3, -0.25) is 14.4 Å². The summed E-state index contributed by atoms with van der Waals surface area (Å²) in [5, 5.41) is 16.0. The second-order valence-electron chi connectivity index (χ2n) is 10.9. The molecule has 1 aliphatic heterocycles. The highest BCUT2D eigenvalue weighted by atomic mass is 16.7. The molecule has 3 N–H and O–H groups in total. The molecule has 0 spiro atoms. The Morgan fingerprint density at radius 3 is 2.26 bits per heavy atom. The molecule has 9 nitrogen and oxygen atoms in total. The van der Waals surface area contributed by atoms with Gasteiger partial charge in [-0.05, 0) is 81.1 Å². The lowest BCUT2D eigenvalue weighted by Gasteiger charge is -2.56. The first-order valence-corrected chi connectivity index (χ1v) is 12.6. The van der Waals surface area contributed by atoms with E-state index in [2.05, 4.69) is 15.8 Å². The van der Waals surface area contributed by atoms with E-state index in [1.54, 1.807) is 19.1 Å². The third-order valence-electron chi connectivity index (χ3n) is 8.02. The molecule has 1 aromatic rings. The van der Waals surface area contributed by atoms with Gasteiger partial charge in [0.25, 0.3) is 0 Å². The molecular formula is C26H33N3O6. The number of hydrazone groups is 1. The molecule has 1 heterocycles. The van der Waals surface area contributed by atoms with Crippen molar-refractivity contribution in [3.05, 3.63) is 17.7 Å². The second kappa shape index (κ2) is 9.51. The molecule has 4 saturated carbocycles. The van der Waals surface area contributed by atoms with Crippen LogP contribution >= 0.6 is 0 Å². The number of benzene rings is 1. The summed E-state index contributed by atoms with van der Waals surface area (Å²) in [6.07, 6.45) is 8.28. The van der Waals surface area contributed by atoms with Gasteiger partial charge in [-0.25, -0.2) is 5.43 Å². The highest BCUT2D eigenvalue weighted by Crippen LogP contribution is 2.61. The van der Waals surface area contributed by atoms with Crippen molar-refractivity contribution in [3.63, 3.8) is 0 Å². The number of ether oxygens (including phenoxy) is 2. The first kappa shape index (κ1) is 23.6. The van der Waals surface area contributed by atoms with Gasteiger partial charge in [-0.2, -0.15) is 5.10 Å². The van der Waals surface area contributed by atoms with Crippen LogP contribution in [0.4, 0.5) is 5.69 Å². The fraction of sp³-hybridized carbons (Fsp3) is 0.615. The van der Waals surface area contributed by atoms with Crippen molar-refractivity contribution >= 4 is 29.2 Å². The topological polar surface area (TPSA) is 126 Å². The summed E-state index contributed by atoms with van der Waals surface area (Å²) in [4.78, 5) is 36.0. The lowest BCUT2D eigenvalue weighted by molar-refractivity contribution is -0.137.